The molecule has 2 N–H and O–H groups in total. The number of alkyl halides is 1. The Bertz CT molecular complexity index is 354. The lowest BCUT2D eigenvalue weighted by molar-refractivity contribution is 0.170. The van der Waals surface area contributed by atoms with Gasteiger partial charge >= 0.3 is 0 Å². The fourth-order valence-electron chi connectivity index (χ4n) is 1.86. The summed E-state index contributed by atoms with van der Waals surface area (Å²) >= 11 is 0. The van der Waals surface area contributed by atoms with Crippen LogP contribution in [0.4, 0.5) is 4.39 Å². The fraction of sp³-hybridized carbons (Fsp3) is 0.500. The molecule has 0 aromatic heterocycles. The molecule has 88 valence electrons. The van der Waals surface area contributed by atoms with Crippen LogP contribution in [0.1, 0.15) is 37.2 Å². The summed E-state index contributed by atoms with van der Waals surface area (Å²) in [6, 6.07) is 3.26. The minimum Gasteiger partial charge on any atom is -0.486 e. The minimum absolute atomic E-state index is 0.218. The molecule has 1 aliphatic rings. The van der Waals surface area contributed by atoms with Crippen LogP contribution in [0.3, 0.4) is 0 Å². The lowest BCUT2D eigenvalue weighted by Crippen LogP contribution is -2.17. The number of fused-ring (bicyclic) bond motifs is 1. The molecule has 2 rings (SSSR count). The maximum absolute atomic E-state index is 13.5. The summed E-state index contributed by atoms with van der Waals surface area (Å²) in [6.07, 6.45) is -1.06. The van der Waals surface area contributed by atoms with E-state index in [4.69, 9.17) is 15.2 Å². The molecule has 4 heteroatoms. The zero-order valence-electron chi connectivity index (χ0n) is 9.50. The maximum atomic E-state index is 13.5. The summed E-state index contributed by atoms with van der Waals surface area (Å²) in [6.45, 7) is 4.36. The maximum Gasteiger partial charge on any atom is 0.161 e. The van der Waals surface area contributed by atoms with Gasteiger partial charge in [0.25, 0.3) is 0 Å². The summed E-state index contributed by atoms with van der Waals surface area (Å²) < 4.78 is 24.3. The standard InChI is InChI=1S/C12H16FNO2/c1-7(13)9-5-11-12(16-4-3-15-11)6-10(9)8(2)14/h5-8H,3-4,14H2,1-2H3. The van der Waals surface area contributed by atoms with Gasteiger partial charge in [-0.3, -0.25) is 0 Å². The Morgan fingerprint density at radius 2 is 1.62 bits per heavy atom. The molecule has 1 aromatic rings. The predicted molar refractivity (Wildman–Crippen MR) is 59.6 cm³/mol. The first kappa shape index (κ1) is 11.2. The third-order valence-corrected chi connectivity index (χ3v) is 2.67. The van der Waals surface area contributed by atoms with Crippen LogP contribution in [-0.2, 0) is 0 Å². The van der Waals surface area contributed by atoms with Crippen LogP contribution in [0.25, 0.3) is 0 Å². The van der Waals surface area contributed by atoms with Crippen molar-refractivity contribution in [1.82, 2.24) is 0 Å². The Balaban J connectivity index is 2.50. The summed E-state index contributed by atoms with van der Waals surface area (Å²) in [7, 11) is 0. The number of hydrogen-bond donors (Lipinski definition) is 1. The Labute approximate surface area is 94.3 Å². The normalized spacial score (nSPS) is 18.0. The molecule has 1 heterocycles. The summed E-state index contributed by atoms with van der Waals surface area (Å²) in [5.41, 5.74) is 7.18. The van der Waals surface area contributed by atoms with Gasteiger partial charge in [-0.1, -0.05) is 0 Å². The molecule has 0 spiro atoms. The van der Waals surface area contributed by atoms with Gasteiger partial charge in [0.15, 0.2) is 11.5 Å². The number of hydrogen-bond acceptors (Lipinski definition) is 3. The van der Waals surface area contributed by atoms with Crippen LogP contribution in [0, 0.1) is 0 Å². The molecule has 1 aromatic carbocycles. The highest BCUT2D eigenvalue weighted by atomic mass is 19.1. The van der Waals surface area contributed by atoms with E-state index in [1.54, 1.807) is 12.1 Å². The smallest absolute Gasteiger partial charge is 0.161 e. The molecule has 0 fully saturated rings. The molecule has 0 aliphatic carbocycles. The molecule has 2 unspecified atom stereocenters. The van der Waals surface area contributed by atoms with Crippen molar-refractivity contribution in [2.45, 2.75) is 26.1 Å². The van der Waals surface area contributed by atoms with E-state index in [0.717, 1.165) is 5.56 Å². The molecule has 0 bridgehead atoms. The average Bonchev–Trinajstić information content (AvgIpc) is 2.27. The Kier molecular flexibility index (Phi) is 3.01. The van der Waals surface area contributed by atoms with E-state index in [2.05, 4.69) is 0 Å². The van der Waals surface area contributed by atoms with Gasteiger partial charge in [-0.15, -0.1) is 0 Å². The van der Waals surface area contributed by atoms with Crippen molar-refractivity contribution in [1.29, 1.82) is 0 Å². The minimum atomic E-state index is -1.06. The largest absolute Gasteiger partial charge is 0.486 e. The second-order valence-electron chi connectivity index (χ2n) is 4.03. The van der Waals surface area contributed by atoms with Crippen LogP contribution in [0.15, 0.2) is 12.1 Å². The average molecular weight is 225 g/mol. The van der Waals surface area contributed by atoms with Crippen molar-refractivity contribution in [3.05, 3.63) is 23.3 Å². The van der Waals surface area contributed by atoms with Gasteiger partial charge in [0, 0.05) is 6.04 Å². The predicted octanol–water partition coefficient (Wildman–Crippen LogP) is 2.51. The second kappa shape index (κ2) is 4.29. The number of benzene rings is 1. The van der Waals surface area contributed by atoms with E-state index in [1.165, 1.54) is 6.92 Å². The van der Waals surface area contributed by atoms with Gasteiger partial charge in [0.1, 0.15) is 19.4 Å². The van der Waals surface area contributed by atoms with Gasteiger partial charge in [-0.05, 0) is 37.1 Å². The van der Waals surface area contributed by atoms with E-state index in [0.29, 0.717) is 30.3 Å². The van der Waals surface area contributed by atoms with Crippen LogP contribution in [0.2, 0.25) is 0 Å². The number of halogens is 1. The lowest BCUT2D eigenvalue weighted by Gasteiger charge is -2.22. The topological polar surface area (TPSA) is 44.5 Å². The summed E-state index contributed by atoms with van der Waals surface area (Å²) in [4.78, 5) is 0. The van der Waals surface area contributed by atoms with Crippen molar-refractivity contribution in [2.75, 3.05) is 13.2 Å². The number of nitrogens with two attached hydrogens (primary N) is 1. The zero-order valence-corrected chi connectivity index (χ0v) is 9.50. The van der Waals surface area contributed by atoms with Gasteiger partial charge in [-0.25, -0.2) is 4.39 Å². The quantitative estimate of drug-likeness (QED) is 0.841. The molecule has 16 heavy (non-hydrogen) atoms. The summed E-state index contributed by atoms with van der Waals surface area (Å²) in [5.74, 6) is 1.26. The molecule has 0 saturated carbocycles. The molecule has 3 nitrogen and oxygen atoms in total. The van der Waals surface area contributed by atoms with Crippen LogP contribution >= 0.6 is 0 Å². The Hall–Kier alpha value is -1.29. The van der Waals surface area contributed by atoms with E-state index in [9.17, 15) is 4.39 Å². The number of rotatable bonds is 2. The van der Waals surface area contributed by atoms with Crippen LogP contribution in [0.5, 0.6) is 11.5 Å². The highest BCUT2D eigenvalue weighted by Crippen LogP contribution is 2.37. The second-order valence-corrected chi connectivity index (χ2v) is 4.03. The molecular formula is C12H16FNO2. The Morgan fingerprint density at radius 3 is 2.06 bits per heavy atom. The van der Waals surface area contributed by atoms with Crippen LogP contribution in [-0.4, -0.2) is 13.2 Å². The molecule has 0 amide bonds. The van der Waals surface area contributed by atoms with E-state index < -0.39 is 6.17 Å². The van der Waals surface area contributed by atoms with Crippen LogP contribution < -0.4 is 15.2 Å². The van der Waals surface area contributed by atoms with Crippen molar-refractivity contribution >= 4 is 0 Å². The van der Waals surface area contributed by atoms with Gasteiger partial charge < -0.3 is 15.2 Å². The fourth-order valence-corrected chi connectivity index (χ4v) is 1.86. The van der Waals surface area contributed by atoms with Gasteiger partial charge in [0.2, 0.25) is 0 Å². The van der Waals surface area contributed by atoms with E-state index in [1.807, 2.05) is 6.92 Å². The lowest BCUT2D eigenvalue weighted by atomic mass is 9.98. The highest BCUT2D eigenvalue weighted by Gasteiger charge is 2.20. The van der Waals surface area contributed by atoms with E-state index in [-0.39, 0.29) is 6.04 Å². The highest BCUT2D eigenvalue weighted by molar-refractivity contribution is 5.49. The molecular weight excluding hydrogens is 209 g/mol. The zero-order chi connectivity index (χ0) is 11.7. The molecule has 2 atom stereocenters. The van der Waals surface area contributed by atoms with Crippen molar-refractivity contribution in [3.8, 4) is 11.5 Å². The van der Waals surface area contributed by atoms with Crippen molar-refractivity contribution in [3.63, 3.8) is 0 Å². The van der Waals surface area contributed by atoms with Crippen molar-refractivity contribution in [2.24, 2.45) is 5.73 Å². The SMILES string of the molecule is CC(N)c1cc2c(cc1C(C)F)OCCO2. The van der Waals surface area contributed by atoms with E-state index >= 15 is 0 Å². The molecule has 1 aliphatic heterocycles. The molecule has 0 saturated heterocycles. The molecule has 0 radical (unpaired) electrons. The van der Waals surface area contributed by atoms with Gasteiger partial charge in [0.05, 0.1) is 0 Å². The first-order valence-corrected chi connectivity index (χ1v) is 5.42. The van der Waals surface area contributed by atoms with Gasteiger partial charge in [-0.2, -0.15) is 0 Å². The van der Waals surface area contributed by atoms with Crippen molar-refractivity contribution < 1.29 is 13.9 Å². The Morgan fingerprint density at radius 1 is 1.12 bits per heavy atom. The number of ether oxygens (including phenoxy) is 2. The third-order valence-electron chi connectivity index (χ3n) is 2.67. The first-order chi connectivity index (χ1) is 7.59. The summed E-state index contributed by atoms with van der Waals surface area (Å²) in [5, 5.41) is 0. The monoisotopic (exact) mass is 225 g/mol. The first-order valence-electron chi connectivity index (χ1n) is 5.42. The third kappa shape index (κ3) is 1.97.